The largest absolute Gasteiger partial charge is 0.481 e. The summed E-state index contributed by atoms with van der Waals surface area (Å²) >= 11 is 0. The van der Waals surface area contributed by atoms with Crippen LogP contribution in [0.1, 0.15) is 26.2 Å². The minimum absolute atomic E-state index is 0. The summed E-state index contributed by atoms with van der Waals surface area (Å²) < 4.78 is 0. The van der Waals surface area contributed by atoms with Gasteiger partial charge in [-0.1, -0.05) is 11.6 Å². The summed E-state index contributed by atoms with van der Waals surface area (Å²) in [4.78, 5) is 10.5. The van der Waals surface area contributed by atoms with E-state index in [4.69, 9.17) is 5.11 Å². The maximum atomic E-state index is 10.5. The van der Waals surface area contributed by atoms with Gasteiger partial charge in [0.05, 0.1) is 5.92 Å². The van der Waals surface area contributed by atoms with Gasteiger partial charge in [0.1, 0.15) is 0 Å². The molecule has 0 fully saturated rings. The Bertz CT molecular complexity index is 175. The van der Waals surface area contributed by atoms with E-state index in [2.05, 4.69) is 0 Å². The van der Waals surface area contributed by atoms with Gasteiger partial charge in [-0.05, 0) is 26.2 Å². The third kappa shape index (κ3) is 2.93. The van der Waals surface area contributed by atoms with Crippen LogP contribution in [0.4, 0.5) is 0 Å². The number of carboxylic acid groups (broad SMARTS) is 1. The van der Waals surface area contributed by atoms with Crippen molar-refractivity contribution in [3.63, 3.8) is 0 Å². The average Bonchev–Trinajstić information content (AvgIpc) is 1.88. The molecule has 64 valence electrons. The molecule has 0 aromatic heterocycles. The molecule has 0 aromatic carbocycles. The lowest BCUT2D eigenvalue weighted by Gasteiger charge is -2.14. The molecule has 1 N–H and O–H groups in total. The van der Waals surface area contributed by atoms with Crippen LogP contribution in [0.3, 0.4) is 0 Å². The highest BCUT2D eigenvalue weighted by molar-refractivity contribution is 5.85. The van der Waals surface area contributed by atoms with E-state index < -0.39 is 5.97 Å². The maximum Gasteiger partial charge on any atom is 0.310 e. The maximum absolute atomic E-state index is 10.5. The van der Waals surface area contributed by atoms with E-state index in [1.165, 1.54) is 5.57 Å². The SMILES string of the molecule is CC1=CC(C(=O)O)CCC1.Cl. The number of rotatable bonds is 1. The van der Waals surface area contributed by atoms with Crippen LogP contribution >= 0.6 is 12.4 Å². The Labute approximate surface area is 72.7 Å². The molecule has 1 aliphatic rings. The number of aliphatic carboxylic acids is 1. The predicted octanol–water partition coefficient (Wildman–Crippen LogP) is 2.24. The number of carbonyl (C=O) groups is 1. The highest BCUT2D eigenvalue weighted by Crippen LogP contribution is 2.22. The minimum Gasteiger partial charge on any atom is -0.481 e. The van der Waals surface area contributed by atoms with E-state index in [-0.39, 0.29) is 18.3 Å². The second-order valence-corrected chi connectivity index (χ2v) is 2.85. The van der Waals surface area contributed by atoms with Gasteiger partial charge in [-0.25, -0.2) is 0 Å². The minimum atomic E-state index is -0.681. The van der Waals surface area contributed by atoms with Crippen molar-refractivity contribution >= 4 is 18.4 Å². The first-order valence-corrected chi connectivity index (χ1v) is 3.60. The molecule has 0 bridgehead atoms. The van der Waals surface area contributed by atoms with E-state index in [1.807, 2.05) is 13.0 Å². The quantitative estimate of drug-likeness (QED) is 0.623. The van der Waals surface area contributed by atoms with E-state index in [0.29, 0.717) is 0 Å². The molecule has 1 unspecified atom stereocenters. The first-order valence-electron chi connectivity index (χ1n) is 3.60. The zero-order valence-electron chi connectivity index (χ0n) is 6.54. The van der Waals surface area contributed by atoms with Crippen LogP contribution in [-0.2, 0) is 4.79 Å². The standard InChI is InChI=1S/C8H12O2.ClH/c1-6-3-2-4-7(5-6)8(9)10;/h5,7H,2-4H2,1H3,(H,9,10);1H. The van der Waals surface area contributed by atoms with Gasteiger partial charge in [0.25, 0.3) is 0 Å². The van der Waals surface area contributed by atoms with Crippen molar-refractivity contribution in [3.8, 4) is 0 Å². The molecule has 0 radical (unpaired) electrons. The first-order chi connectivity index (χ1) is 4.70. The molecule has 0 aliphatic heterocycles. The lowest BCUT2D eigenvalue weighted by molar-refractivity contribution is -0.140. The zero-order valence-corrected chi connectivity index (χ0v) is 7.36. The predicted molar refractivity (Wildman–Crippen MR) is 46.0 cm³/mol. The normalized spacial score (nSPS) is 23.4. The van der Waals surface area contributed by atoms with Gasteiger partial charge < -0.3 is 5.11 Å². The third-order valence-electron chi connectivity index (χ3n) is 1.89. The van der Waals surface area contributed by atoms with Crippen molar-refractivity contribution < 1.29 is 9.90 Å². The smallest absolute Gasteiger partial charge is 0.310 e. The number of hydrogen-bond donors (Lipinski definition) is 1. The van der Waals surface area contributed by atoms with Gasteiger partial charge in [-0.15, -0.1) is 12.4 Å². The fourth-order valence-corrected chi connectivity index (χ4v) is 1.31. The topological polar surface area (TPSA) is 37.3 Å². The molecule has 0 amide bonds. The Morgan fingerprint density at radius 1 is 1.73 bits per heavy atom. The molecule has 0 spiro atoms. The lowest BCUT2D eigenvalue weighted by Crippen LogP contribution is -2.14. The van der Waals surface area contributed by atoms with Crippen molar-refractivity contribution in [1.29, 1.82) is 0 Å². The Morgan fingerprint density at radius 2 is 2.36 bits per heavy atom. The fourth-order valence-electron chi connectivity index (χ4n) is 1.31. The van der Waals surface area contributed by atoms with Crippen LogP contribution < -0.4 is 0 Å². The Morgan fingerprint density at radius 3 is 2.73 bits per heavy atom. The zero-order chi connectivity index (χ0) is 7.56. The van der Waals surface area contributed by atoms with Crippen molar-refractivity contribution in [2.45, 2.75) is 26.2 Å². The van der Waals surface area contributed by atoms with Crippen LogP contribution in [0.15, 0.2) is 11.6 Å². The molecular weight excluding hydrogens is 164 g/mol. The van der Waals surface area contributed by atoms with Gasteiger partial charge in [0.2, 0.25) is 0 Å². The van der Waals surface area contributed by atoms with Crippen LogP contribution in [0.25, 0.3) is 0 Å². The average molecular weight is 177 g/mol. The molecule has 3 heteroatoms. The van der Waals surface area contributed by atoms with Crippen molar-refractivity contribution in [1.82, 2.24) is 0 Å². The van der Waals surface area contributed by atoms with Crippen LogP contribution in [0, 0.1) is 5.92 Å². The van der Waals surface area contributed by atoms with Gasteiger partial charge in [0.15, 0.2) is 0 Å². The molecule has 0 aromatic rings. The Kier molecular flexibility index (Phi) is 4.19. The number of carboxylic acids is 1. The molecular formula is C8H13ClO2. The van der Waals surface area contributed by atoms with Gasteiger partial charge >= 0.3 is 5.97 Å². The molecule has 0 saturated carbocycles. The summed E-state index contributed by atoms with van der Waals surface area (Å²) in [6.07, 6.45) is 4.78. The first kappa shape index (κ1) is 10.5. The number of allylic oxidation sites excluding steroid dienone is 1. The molecule has 1 atom stereocenters. The molecule has 2 nitrogen and oxygen atoms in total. The van der Waals surface area contributed by atoms with Crippen LogP contribution in [0.2, 0.25) is 0 Å². The van der Waals surface area contributed by atoms with Crippen LogP contribution in [-0.4, -0.2) is 11.1 Å². The van der Waals surface area contributed by atoms with Gasteiger partial charge in [0, 0.05) is 0 Å². The summed E-state index contributed by atoms with van der Waals surface area (Å²) in [6, 6.07) is 0. The van der Waals surface area contributed by atoms with Crippen molar-refractivity contribution in [2.75, 3.05) is 0 Å². The fraction of sp³-hybridized carbons (Fsp3) is 0.625. The van der Waals surface area contributed by atoms with Gasteiger partial charge in [-0.3, -0.25) is 4.79 Å². The highest BCUT2D eigenvalue weighted by atomic mass is 35.5. The second kappa shape index (κ2) is 4.39. The molecule has 1 rings (SSSR count). The number of halogens is 1. The Balaban J connectivity index is 0.000001000. The monoisotopic (exact) mass is 176 g/mol. The van der Waals surface area contributed by atoms with E-state index >= 15 is 0 Å². The van der Waals surface area contributed by atoms with Crippen molar-refractivity contribution in [3.05, 3.63) is 11.6 Å². The molecule has 11 heavy (non-hydrogen) atoms. The van der Waals surface area contributed by atoms with Gasteiger partial charge in [-0.2, -0.15) is 0 Å². The summed E-state index contributed by atoms with van der Waals surface area (Å²) in [5.41, 5.74) is 1.22. The van der Waals surface area contributed by atoms with E-state index in [9.17, 15) is 4.79 Å². The lowest BCUT2D eigenvalue weighted by atomic mass is 9.91. The van der Waals surface area contributed by atoms with Crippen LogP contribution in [0.5, 0.6) is 0 Å². The Hall–Kier alpha value is -0.500. The molecule has 0 heterocycles. The number of hydrogen-bond acceptors (Lipinski definition) is 1. The van der Waals surface area contributed by atoms with Crippen molar-refractivity contribution in [2.24, 2.45) is 5.92 Å². The highest BCUT2D eigenvalue weighted by Gasteiger charge is 2.17. The summed E-state index contributed by atoms with van der Waals surface area (Å²) in [7, 11) is 0. The summed E-state index contributed by atoms with van der Waals surface area (Å²) in [6.45, 7) is 2.00. The second-order valence-electron chi connectivity index (χ2n) is 2.85. The summed E-state index contributed by atoms with van der Waals surface area (Å²) in [5, 5.41) is 8.61. The molecule has 0 saturated heterocycles. The van der Waals surface area contributed by atoms with E-state index in [1.54, 1.807) is 0 Å². The summed E-state index contributed by atoms with van der Waals surface area (Å²) in [5.74, 6) is -0.896. The molecule has 1 aliphatic carbocycles. The third-order valence-corrected chi connectivity index (χ3v) is 1.89. The van der Waals surface area contributed by atoms with E-state index in [0.717, 1.165) is 19.3 Å².